The summed E-state index contributed by atoms with van der Waals surface area (Å²) < 4.78 is 8.28. The first kappa shape index (κ1) is 14.2. The molecule has 4 nitrogen and oxygen atoms in total. The van der Waals surface area contributed by atoms with Gasteiger partial charge in [-0.15, -0.1) is 0 Å². The maximum Gasteiger partial charge on any atom is 0.178 e. The number of pyridine rings is 1. The van der Waals surface area contributed by atoms with Gasteiger partial charge in [-0.25, -0.2) is 9.97 Å². The second-order valence-corrected chi connectivity index (χ2v) is 6.53. The van der Waals surface area contributed by atoms with Crippen LogP contribution >= 0.6 is 0 Å². The van der Waals surface area contributed by atoms with Gasteiger partial charge in [-0.1, -0.05) is 30.3 Å². The first-order valence-electron chi connectivity index (χ1n) is 8.35. The van der Waals surface area contributed by atoms with Crippen molar-refractivity contribution in [2.24, 2.45) is 7.05 Å². The van der Waals surface area contributed by atoms with Gasteiger partial charge in [0.1, 0.15) is 17.0 Å². The van der Waals surface area contributed by atoms with Gasteiger partial charge in [0.15, 0.2) is 5.65 Å². The van der Waals surface area contributed by atoms with Crippen LogP contribution in [0.1, 0.15) is 11.3 Å². The van der Waals surface area contributed by atoms with Gasteiger partial charge in [-0.3, -0.25) is 0 Å². The smallest absolute Gasteiger partial charge is 0.178 e. The summed E-state index contributed by atoms with van der Waals surface area (Å²) in [5.41, 5.74) is 6.77. The highest BCUT2D eigenvalue weighted by molar-refractivity contribution is 6.09. The fourth-order valence-electron chi connectivity index (χ4n) is 3.75. The van der Waals surface area contributed by atoms with Gasteiger partial charge in [0.05, 0.1) is 11.1 Å². The number of furan rings is 1. The lowest BCUT2D eigenvalue weighted by atomic mass is 10.1. The maximum absolute atomic E-state index is 6.17. The van der Waals surface area contributed by atoms with Crippen LogP contribution in [-0.4, -0.2) is 14.5 Å². The molecule has 0 aliphatic rings. The number of fused-ring (bicyclic) bond motifs is 4. The molecule has 0 atom stereocenters. The first-order chi connectivity index (χ1) is 12.1. The molecule has 3 heterocycles. The highest BCUT2D eigenvalue weighted by Gasteiger charge is 2.18. The third-order valence-electron chi connectivity index (χ3n) is 4.80. The van der Waals surface area contributed by atoms with Gasteiger partial charge in [-0.2, -0.15) is 0 Å². The van der Waals surface area contributed by atoms with Crippen molar-refractivity contribution in [2.45, 2.75) is 13.8 Å². The fraction of sp³-hybridized carbons (Fsp3) is 0.143. The Morgan fingerprint density at radius 1 is 0.920 bits per heavy atom. The van der Waals surface area contributed by atoms with Crippen molar-refractivity contribution in [1.82, 2.24) is 14.5 Å². The Bertz CT molecular complexity index is 1280. The average Bonchev–Trinajstić information content (AvgIpc) is 3.12. The Labute approximate surface area is 144 Å². The van der Waals surface area contributed by atoms with Gasteiger partial charge in [0, 0.05) is 23.5 Å². The summed E-state index contributed by atoms with van der Waals surface area (Å²) in [6, 6.07) is 16.4. The number of aryl methyl sites for hydroxylation is 3. The number of para-hydroxylation sites is 2. The number of imidazole rings is 1. The van der Waals surface area contributed by atoms with Gasteiger partial charge in [0.25, 0.3) is 0 Å². The number of benzene rings is 2. The van der Waals surface area contributed by atoms with Crippen LogP contribution in [0.4, 0.5) is 0 Å². The number of nitrogens with zero attached hydrogens (tertiary/aromatic N) is 3. The summed E-state index contributed by atoms with van der Waals surface area (Å²) in [5.74, 6) is 0.876. The lowest BCUT2D eigenvalue weighted by molar-refractivity contribution is 0.669. The van der Waals surface area contributed by atoms with Crippen molar-refractivity contribution in [3.63, 3.8) is 0 Å². The summed E-state index contributed by atoms with van der Waals surface area (Å²) in [6.07, 6.45) is 0. The summed E-state index contributed by atoms with van der Waals surface area (Å²) in [6.45, 7) is 4.10. The average molecular weight is 327 g/mol. The molecule has 0 spiro atoms. The molecule has 0 saturated carbocycles. The highest BCUT2D eigenvalue weighted by atomic mass is 16.3. The number of rotatable bonds is 1. The zero-order chi connectivity index (χ0) is 17.1. The molecule has 0 saturated heterocycles. The minimum absolute atomic E-state index is 0.781. The summed E-state index contributed by atoms with van der Waals surface area (Å²) in [7, 11) is 2.04. The van der Waals surface area contributed by atoms with Crippen LogP contribution in [0.15, 0.2) is 52.9 Å². The standard InChI is InChI=1S/C21H17N3O/c1-12-11-13(2)22-20-18(12)24(3)21(23-20)16-9-6-8-15-14-7-4-5-10-17(14)25-19(15)16/h4-11H,1-3H3. The number of aromatic nitrogens is 3. The molecule has 0 aliphatic carbocycles. The predicted octanol–water partition coefficient (Wildman–Crippen LogP) is 5.15. The minimum Gasteiger partial charge on any atom is -0.455 e. The largest absolute Gasteiger partial charge is 0.455 e. The van der Waals surface area contributed by atoms with Gasteiger partial charge in [-0.05, 0) is 37.6 Å². The first-order valence-corrected chi connectivity index (χ1v) is 8.35. The van der Waals surface area contributed by atoms with E-state index in [9.17, 15) is 0 Å². The van der Waals surface area contributed by atoms with Crippen LogP contribution in [0.2, 0.25) is 0 Å². The van der Waals surface area contributed by atoms with Crippen LogP contribution in [-0.2, 0) is 7.05 Å². The van der Waals surface area contributed by atoms with Crippen LogP contribution in [0.3, 0.4) is 0 Å². The van der Waals surface area contributed by atoms with Gasteiger partial charge < -0.3 is 8.98 Å². The SMILES string of the molecule is Cc1cc(C)c2c(n1)nc(-c1cccc3c1oc1ccccc13)n2C. The zero-order valence-electron chi connectivity index (χ0n) is 14.4. The molecule has 2 aromatic carbocycles. The van der Waals surface area contributed by atoms with Crippen LogP contribution < -0.4 is 0 Å². The van der Waals surface area contributed by atoms with E-state index < -0.39 is 0 Å². The van der Waals surface area contributed by atoms with Crippen molar-refractivity contribution in [3.05, 3.63) is 59.8 Å². The molecule has 0 unspecified atom stereocenters. The number of hydrogen-bond donors (Lipinski definition) is 0. The van der Waals surface area contributed by atoms with Gasteiger partial charge in [0.2, 0.25) is 0 Å². The third kappa shape index (κ3) is 1.94. The fourth-order valence-corrected chi connectivity index (χ4v) is 3.75. The van der Waals surface area contributed by atoms with E-state index in [0.29, 0.717) is 0 Å². The maximum atomic E-state index is 6.17. The highest BCUT2D eigenvalue weighted by Crippen LogP contribution is 2.36. The molecule has 0 fully saturated rings. The lowest BCUT2D eigenvalue weighted by Crippen LogP contribution is -1.94. The summed E-state index contributed by atoms with van der Waals surface area (Å²) in [5, 5.41) is 2.24. The Hall–Kier alpha value is -3.14. The van der Waals surface area contributed by atoms with E-state index in [-0.39, 0.29) is 0 Å². The molecule has 0 aliphatic heterocycles. The van der Waals surface area contributed by atoms with E-state index in [1.54, 1.807) is 0 Å². The van der Waals surface area contributed by atoms with E-state index in [1.165, 1.54) is 5.56 Å². The Balaban J connectivity index is 1.89. The molecule has 0 N–H and O–H groups in total. The Kier molecular flexibility index (Phi) is 2.80. The van der Waals surface area contributed by atoms with Crippen LogP contribution in [0.25, 0.3) is 44.5 Å². The van der Waals surface area contributed by atoms with Gasteiger partial charge >= 0.3 is 0 Å². The molecule has 5 aromatic rings. The van der Waals surface area contributed by atoms with Crippen molar-refractivity contribution >= 4 is 33.1 Å². The predicted molar refractivity (Wildman–Crippen MR) is 101 cm³/mol. The van der Waals surface area contributed by atoms with E-state index in [0.717, 1.165) is 50.2 Å². The molecule has 0 bridgehead atoms. The van der Waals surface area contributed by atoms with Crippen molar-refractivity contribution in [3.8, 4) is 11.4 Å². The van der Waals surface area contributed by atoms with Crippen LogP contribution in [0.5, 0.6) is 0 Å². The normalized spacial score (nSPS) is 11.8. The molecule has 0 amide bonds. The molecule has 122 valence electrons. The molecule has 0 radical (unpaired) electrons. The molecular weight excluding hydrogens is 310 g/mol. The second kappa shape index (κ2) is 4.93. The second-order valence-electron chi connectivity index (χ2n) is 6.53. The van der Waals surface area contributed by atoms with E-state index in [1.807, 2.05) is 32.2 Å². The van der Waals surface area contributed by atoms with Crippen molar-refractivity contribution < 1.29 is 4.42 Å². The molecule has 5 rings (SSSR count). The zero-order valence-corrected chi connectivity index (χ0v) is 14.4. The topological polar surface area (TPSA) is 43.9 Å². The lowest BCUT2D eigenvalue weighted by Gasteiger charge is -2.04. The Morgan fingerprint density at radius 3 is 2.60 bits per heavy atom. The Morgan fingerprint density at radius 2 is 1.72 bits per heavy atom. The minimum atomic E-state index is 0.781. The quantitative estimate of drug-likeness (QED) is 0.427. The van der Waals surface area contributed by atoms with E-state index >= 15 is 0 Å². The monoisotopic (exact) mass is 327 g/mol. The van der Waals surface area contributed by atoms with E-state index in [4.69, 9.17) is 9.40 Å². The molecular formula is C21H17N3O. The van der Waals surface area contributed by atoms with Crippen molar-refractivity contribution in [1.29, 1.82) is 0 Å². The summed E-state index contributed by atoms with van der Waals surface area (Å²) >= 11 is 0. The number of hydrogen-bond acceptors (Lipinski definition) is 3. The van der Waals surface area contributed by atoms with Crippen LogP contribution in [0, 0.1) is 13.8 Å². The molecule has 25 heavy (non-hydrogen) atoms. The van der Waals surface area contributed by atoms with Crippen molar-refractivity contribution in [2.75, 3.05) is 0 Å². The summed E-state index contributed by atoms with van der Waals surface area (Å²) in [4.78, 5) is 9.42. The van der Waals surface area contributed by atoms with E-state index in [2.05, 4.69) is 46.8 Å². The third-order valence-corrected chi connectivity index (χ3v) is 4.80. The molecule has 4 heteroatoms. The molecule has 3 aromatic heterocycles.